The van der Waals surface area contributed by atoms with E-state index in [0.717, 1.165) is 23.3 Å². The van der Waals surface area contributed by atoms with Gasteiger partial charge in [0.25, 0.3) is 0 Å². The Balaban J connectivity index is 1.96. The summed E-state index contributed by atoms with van der Waals surface area (Å²) in [6, 6.07) is 0. The van der Waals surface area contributed by atoms with E-state index in [1.807, 2.05) is 13.0 Å². The van der Waals surface area contributed by atoms with Gasteiger partial charge in [-0.15, -0.1) is 0 Å². The van der Waals surface area contributed by atoms with Gasteiger partial charge in [0, 0.05) is 11.1 Å². The Hall–Kier alpha value is -0.760. The molecule has 1 saturated carbocycles. The maximum atomic E-state index is 11.3. The van der Waals surface area contributed by atoms with Gasteiger partial charge >= 0.3 is 5.97 Å². The second-order valence-electron chi connectivity index (χ2n) is 4.79. The van der Waals surface area contributed by atoms with Crippen molar-refractivity contribution in [2.45, 2.75) is 33.1 Å². The standard InChI is InChI=1S/C14H19ClO2/c1-3-5-9-11-8-12(15)10(14(9)11)6-7-13(16)17-4-2/h6-7,9,11,14H,3-5,8H2,1-2H3/b7-6+/t9-,11-,14-/m1/s1. The van der Waals surface area contributed by atoms with Crippen molar-refractivity contribution in [1.29, 1.82) is 0 Å². The van der Waals surface area contributed by atoms with Crippen LogP contribution in [0.4, 0.5) is 0 Å². The first-order valence-corrected chi connectivity index (χ1v) is 6.80. The van der Waals surface area contributed by atoms with Gasteiger partial charge in [0.15, 0.2) is 0 Å². The molecule has 0 aromatic rings. The molecule has 3 atom stereocenters. The van der Waals surface area contributed by atoms with Crippen LogP contribution in [0.3, 0.4) is 0 Å². The van der Waals surface area contributed by atoms with E-state index < -0.39 is 0 Å². The summed E-state index contributed by atoms with van der Waals surface area (Å²) < 4.78 is 4.87. The summed E-state index contributed by atoms with van der Waals surface area (Å²) in [5.74, 6) is 1.86. The monoisotopic (exact) mass is 254 g/mol. The van der Waals surface area contributed by atoms with Gasteiger partial charge in [-0.05, 0) is 43.1 Å². The average molecular weight is 255 g/mol. The van der Waals surface area contributed by atoms with E-state index in [-0.39, 0.29) is 5.97 Å². The maximum Gasteiger partial charge on any atom is 0.330 e. The summed E-state index contributed by atoms with van der Waals surface area (Å²) in [5, 5.41) is 0.938. The van der Waals surface area contributed by atoms with E-state index in [1.54, 1.807) is 0 Å². The molecule has 17 heavy (non-hydrogen) atoms. The zero-order valence-electron chi connectivity index (χ0n) is 10.4. The van der Waals surface area contributed by atoms with Gasteiger partial charge in [-0.2, -0.15) is 0 Å². The normalized spacial score (nSPS) is 30.9. The van der Waals surface area contributed by atoms with Crippen LogP contribution in [0.1, 0.15) is 33.1 Å². The molecule has 0 aliphatic heterocycles. The topological polar surface area (TPSA) is 26.3 Å². The SMILES string of the molecule is CCC[C@@H]1[C@H]2CC(Cl)=C(/C=C/C(=O)OCC)[C@@H]12. The van der Waals surface area contributed by atoms with Crippen LogP contribution in [0, 0.1) is 17.8 Å². The zero-order valence-corrected chi connectivity index (χ0v) is 11.2. The largest absolute Gasteiger partial charge is 0.463 e. The average Bonchev–Trinajstić information content (AvgIpc) is 2.83. The molecule has 2 rings (SSSR count). The molecule has 2 aliphatic rings. The molecule has 0 bridgehead atoms. The van der Waals surface area contributed by atoms with E-state index >= 15 is 0 Å². The third-order valence-corrected chi connectivity index (χ3v) is 4.10. The number of allylic oxidation sites excluding steroid dienone is 3. The summed E-state index contributed by atoms with van der Waals surface area (Å²) in [5.41, 5.74) is 1.17. The minimum absolute atomic E-state index is 0.277. The Morgan fingerprint density at radius 1 is 1.53 bits per heavy atom. The molecular formula is C14H19ClO2. The van der Waals surface area contributed by atoms with Crippen LogP contribution in [-0.4, -0.2) is 12.6 Å². The third kappa shape index (κ3) is 2.57. The third-order valence-electron chi connectivity index (χ3n) is 3.73. The zero-order chi connectivity index (χ0) is 12.4. The fourth-order valence-corrected chi connectivity index (χ4v) is 3.33. The molecule has 2 nitrogen and oxygen atoms in total. The lowest BCUT2D eigenvalue weighted by Gasteiger charge is -2.04. The van der Waals surface area contributed by atoms with Crippen LogP contribution in [0.5, 0.6) is 0 Å². The number of carbonyl (C=O) groups excluding carboxylic acids is 1. The lowest BCUT2D eigenvalue weighted by molar-refractivity contribution is -0.137. The van der Waals surface area contributed by atoms with Gasteiger partial charge in [0.05, 0.1) is 6.61 Å². The molecule has 0 unspecified atom stereocenters. The van der Waals surface area contributed by atoms with Crippen LogP contribution in [0.2, 0.25) is 0 Å². The lowest BCUT2D eigenvalue weighted by Crippen LogP contribution is -1.99. The second kappa shape index (κ2) is 5.26. The number of ether oxygens (including phenoxy) is 1. The molecule has 0 aromatic heterocycles. The van der Waals surface area contributed by atoms with Gasteiger partial charge < -0.3 is 4.74 Å². The molecule has 2 aliphatic carbocycles. The molecular weight excluding hydrogens is 236 g/mol. The molecule has 1 fully saturated rings. The van der Waals surface area contributed by atoms with Crippen molar-refractivity contribution in [3.05, 3.63) is 22.8 Å². The van der Waals surface area contributed by atoms with Gasteiger partial charge in [-0.1, -0.05) is 31.0 Å². The van der Waals surface area contributed by atoms with E-state index in [2.05, 4.69) is 6.92 Å². The van der Waals surface area contributed by atoms with Crippen molar-refractivity contribution in [3.8, 4) is 0 Å². The van der Waals surface area contributed by atoms with E-state index in [0.29, 0.717) is 12.5 Å². The maximum absolute atomic E-state index is 11.3. The smallest absolute Gasteiger partial charge is 0.330 e. The molecule has 3 heteroatoms. The Morgan fingerprint density at radius 2 is 2.29 bits per heavy atom. The summed E-state index contributed by atoms with van der Waals surface area (Å²) in [7, 11) is 0. The second-order valence-corrected chi connectivity index (χ2v) is 5.25. The number of carbonyl (C=O) groups is 1. The first-order valence-electron chi connectivity index (χ1n) is 6.42. The van der Waals surface area contributed by atoms with Gasteiger partial charge in [-0.25, -0.2) is 4.79 Å². The van der Waals surface area contributed by atoms with Crippen molar-refractivity contribution < 1.29 is 9.53 Å². The minimum Gasteiger partial charge on any atom is -0.463 e. The molecule has 94 valence electrons. The number of hydrogen-bond acceptors (Lipinski definition) is 2. The number of rotatable bonds is 5. The lowest BCUT2D eigenvalue weighted by atomic mass is 10.1. The highest BCUT2D eigenvalue weighted by Gasteiger charge is 2.54. The van der Waals surface area contributed by atoms with Crippen LogP contribution in [-0.2, 0) is 9.53 Å². The van der Waals surface area contributed by atoms with Gasteiger partial charge in [0.1, 0.15) is 0 Å². The quantitative estimate of drug-likeness (QED) is 0.553. The van der Waals surface area contributed by atoms with E-state index in [1.165, 1.54) is 24.5 Å². The van der Waals surface area contributed by atoms with Crippen LogP contribution in [0.15, 0.2) is 22.8 Å². The first-order chi connectivity index (χ1) is 8.19. The van der Waals surface area contributed by atoms with Crippen LogP contribution < -0.4 is 0 Å². The Kier molecular flexibility index (Phi) is 3.93. The number of esters is 1. The van der Waals surface area contributed by atoms with Crippen molar-refractivity contribution in [3.63, 3.8) is 0 Å². The Bertz CT molecular complexity index is 370. The molecule has 0 aromatic carbocycles. The first kappa shape index (κ1) is 12.7. The minimum atomic E-state index is -0.277. The highest BCUT2D eigenvalue weighted by atomic mass is 35.5. The van der Waals surface area contributed by atoms with E-state index in [4.69, 9.17) is 16.3 Å². The van der Waals surface area contributed by atoms with Gasteiger partial charge in [0.2, 0.25) is 0 Å². The summed E-state index contributed by atoms with van der Waals surface area (Å²) >= 11 is 6.21. The number of hydrogen-bond donors (Lipinski definition) is 0. The summed E-state index contributed by atoms with van der Waals surface area (Å²) in [4.78, 5) is 11.3. The highest BCUT2D eigenvalue weighted by Crippen LogP contribution is 2.62. The summed E-state index contributed by atoms with van der Waals surface area (Å²) in [6.45, 7) is 4.44. The molecule has 0 saturated heterocycles. The fraction of sp³-hybridized carbons (Fsp3) is 0.643. The predicted molar refractivity (Wildman–Crippen MR) is 68.6 cm³/mol. The molecule has 0 heterocycles. The van der Waals surface area contributed by atoms with E-state index in [9.17, 15) is 4.79 Å². The van der Waals surface area contributed by atoms with Gasteiger partial charge in [-0.3, -0.25) is 0 Å². The molecule has 0 radical (unpaired) electrons. The van der Waals surface area contributed by atoms with Crippen molar-refractivity contribution >= 4 is 17.6 Å². The molecule has 0 N–H and O–H groups in total. The Labute approximate surface area is 108 Å². The Morgan fingerprint density at radius 3 is 2.94 bits per heavy atom. The highest BCUT2D eigenvalue weighted by molar-refractivity contribution is 6.30. The van der Waals surface area contributed by atoms with Crippen LogP contribution in [0.25, 0.3) is 0 Å². The van der Waals surface area contributed by atoms with Crippen molar-refractivity contribution in [2.24, 2.45) is 17.8 Å². The molecule has 0 amide bonds. The summed E-state index contributed by atoms with van der Waals surface area (Å²) in [6.07, 6.45) is 6.87. The predicted octanol–water partition coefficient (Wildman–Crippen LogP) is 3.66. The number of halogens is 1. The van der Waals surface area contributed by atoms with Crippen molar-refractivity contribution in [1.82, 2.24) is 0 Å². The molecule has 0 spiro atoms. The fourth-order valence-electron chi connectivity index (χ4n) is 2.97. The van der Waals surface area contributed by atoms with Crippen LogP contribution >= 0.6 is 11.6 Å². The number of fused-ring (bicyclic) bond motifs is 1. The van der Waals surface area contributed by atoms with Crippen molar-refractivity contribution in [2.75, 3.05) is 6.61 Å².